The molecule has 0 fully saturated rings. The van der Waals surface area contributed by atoms with Gasteiger partial charge < -0.3 is 15.1 Å². The number of nitrogens with one attached hydrogen (secondary N) is 1. The Morgan fingerprint density at radius 1 is 1.11 bits per heavy atom. The number of rotatable bonds is 10. The third-order valence-corrected chi connectivity index (χ3v) is 6.80. The molecule has 2 aliphatic rings. The van der Waals surface area contributed by atoms with Gasteiger partial charge in [0.1, 0.15) is 6.04 Å². The molecular formula is C27H37F3N4O3. The number of alkyl halides is 3. The van der Waals surface area contributed by atoms with Crippen molar-refractivity contribution in [2.45, 2.75) is 72.1 Å². The van der Waals surface area contributed by atoms with Gasteiger partial charge in [-0.1, -0.05) is 45.9 Å². The first-order chi connectivity index (χ1) is 17.5. The maximum Gasteiger partial charge on any atom is 0.416 e. The summed E-state index contributed by atoms with van der Waals surface area (Å²) >= 11 is 0. The number of amides is 4. The van der Waals surface area contributed by atoms with Crippen molar-refractivity contribution in [2.75, 3.05) is 26.2 Å². The Labute approximate surface area is 216 Å². The van der Waals surface area contributed by atoms with Crippen LogP contribution in [0, 0.1) is 5.92 Å². The Hall–Kier alpha value is -3.04. The molecular weight excluding hydrogens is 485 g/mol. The number of urea groups is 1. The predicted molar refractivity (Wildman–Crippen MR) is 134 cm³/mol. The van der Waals surface area contributed by atoms with Gasteiger partial charge in [-0.3, -0.25) is 14.5 Å². The van der Waals surface area contributed by atoms with Crippen LogP contribution in [0.4, 0.5) is 18.0 Å². The van der Waals surface area contributed by atoms with E-state index in [-0.39, 0.29) is 36.1 Å². The molecule has 10 heteroatoms. The number of carbonyl (C=O) groups excluding carboxylic acids is 3. The van der Waals surface area contributed by atoms with E-state index >= 15 is 0 Å². The average molecular weight is 523 g/mol. The third kappa shape index (κ3) is 5.78. The van der Waals surface area contributed by atoms with Crippen LogP contribution in [0.3, 0.4) is 0 Å². The van der Waals surface area contributed by atoms with Crippen molar-refractivity contribution in [1.29, 1.82) is 0 Å². The van der Waals surface area contributed by atoms with Crippen LogP contribution in [0.2, 0.25) is 0 Å². The van der Waals surface area contributed by atoms with Crippen molar-refractivity contribution in [2.24, 2.45) is 5.92 Å². The summed E-state index contributed by atoms with van der Waals surface area (Å²) in [5.41, 5.74) is -0.642. The molecule has 4 amide bonds. The normalized spacial score (nSPS) is 18.9. The van der Waals surface area contributed by atoms with E-state index in [1.54, 1.807) is 11.8 Å². The minimum atomic E-state index is -4.66. The molecule has 0 saturated heterocycles. The third-order valence-electron chi connectivity index (χ3n) is 6.80. The van der Waals surface area contributed by atoms with Gasteiger partial charge in [0.2, 0.25) is 5.91 Å². The van der Waals surface area contributed by atoms with Crippen molar-refractivity contribution in [3.05, 3.63) is 46.7 Å². The van der Waals surface area contributed by atoms with E-state index in [0.717, 1.165) is 18.9 Å². The van der Waals surface area contributed by atoms with Crippen LogP contribution >= 0.6 is 0 Å². The molecule has 0 radical (unpaired) electrons. The van der Waals surface area contributed by atoms with E-state index in [2.05, 4.69) is 5.32 Å². The number of nitrogens with zero attached hydrogens (tertiary/aromatic N) is 3. The van der Waals surface area contributed by atoms with Crippen molar-refractivity contribution in [1.82, 2.24) is 20.0 Å². The average Bonchev–Trinajstić information content (AvgIpc) is 3.17. The largest absolute Gasteiger partial charge is 0.416 e. The molecule has 0 spiro atoms. The van der Waals surface area contributed by atoms with Gasteiger partial charge in [-0.15, -0.1) is 0 Å². The topological polar surface area (TPSA) is 73.0 Å². The molecule has 204 valence electrons. The first-order valence-corrected chi connectivity index (χ1v) is 13.0. The Bertz CT molecular complexity index is 1050. The minimum absolute atomic E-state index is 0.00463. The number of benzene rings is 1. The molecule has 0 saturated carbocycles. The second kappa shape index (κ2) is 11.6. The SMILES string of the molecule is CCCN(CCC)C(=O)[C@@H](CC(C)C)N1CC2=C(C1=O)[C@@H](c1ccccc1C(F)(F)F)NC(=O)N2CC. The van der Waals surface area contributed by atoms with E-state index in [9.17, 15) is 27.6 Å². The maximum absolute atomic E-state index is 14.0. The zero-order chi connectivity index (χ0) is 27.5. The summed E-state index contributed by atoms with van der Waals surface area (Å²) in [6.07, 6.45) is -2.73. The molecule has 37 heavy (non-hydrogen) atoms. The summed E-state index contributed by atoms with van der Waals surface area (Å²) in [5, 5.41) is 2.63. The lowest BCUT2D eigenvalue weighted by molar-refractivity contribution is -0.143. The summed E-state index contributed by atoms with van der Waals surface area (Å²) < 4.78 is 41.7. The molecule has 3 rings (SSSR count). The molecule has 0 bridgehead atoms. The van der Waals surface area contributed by atoms with Crippen molar-refractivity contribution < 1.29 is 27.6 Å². The first-order valence-electron chi connectivity index (χ1n) is 13.0. The van der Waals surface area contributed by atoms with Gasteiger partial charge in [0, 0.05) is 19.6 Å². The van der Waals surface area contributed by atoms with Gasteiger partial charge >= 0.3 is 12.2 Å². The Morgan fingerprint density at radius 2 is 1.73 bits per heavy atom. The standard InChI is InChI=1S/C27H37F3N4O3/c1-6-13-32(14-7-2)24(35)20(15-17(4)5)34-16-21-22(25(34)36)23(31-26(37)33(21)8-3)18-11-9-10-12-19(18)27(28,29)30/h9-12,17,20,23H,6-8,13-16H2,1-5H3,(H,31,37)/t20-,23-/m1/s1. The molecule has 2 aliphatic heterocycles. The highest BCUT2D eigenvalue weighted by atomic mass is 19.4. The van der Waals surface area contributed by atoms with Crippen molar-refractivity contribution in [3.63, 3.8) is 0 Å². The van der Waals surface area contributed by atoms with Crippen molar-refractivity contribution >= 4 is 17.8 Å². The molecule has 7 nitrogen and oxygen atoms in total. The first kappa shape index (κ1) is 28.5. The fraction of sp³-hybridized carbons (Fsp3) is 0.593. The molecule has 0 unspecified atom stereocenters. The van der Waals surface area contributed by atoms with Gasteiger partial charge in [-0.2, -0.15) is 13.2 Å². The van der Waals surface area contributed by atoms with Crippen LogP contribution in [0.25, 0.3) is 0 Å². The molecule has 1 N–H and O–H groups in total. The summed E-state index contributed by atoms with van der Waals surface area (Å²) in [7, 11) is 0. The summed E-state index contributed by atoms with van der Waals surface area (Å²) in [6, 6.07) is 2.37. The second-order valence-corrected chi connectivity index (χ2v) is 9.98. The lowest BCUT2D eigenvalue weighted by Gasteiger charge is -2.34. The van der Waals surface area contributed by atoms with Crippen LogP contribution in [-0.4, -0.2) is 64.8 Å². The highest BCUT2D eigenvalue weighted by Crippen LogP contribution is 2.42. The highest BCUT2D eigenvalue weighted by molar-refractivity contribution is 6.03. The van der Waals surface area contributed by atoms with Gasteiger partial charge in [-0.05, 0) is 43.7 Å². The van der Waals surface area contributed by atoms with Crippen LogP contribution in [0.15, 0.2) is 35.5 Å². The van der Waals surface area contributed by atoms with E-state index in [0.29, 0.717) is 25.2 Å². The zero-order valence-corrected chi connectivity index (χ0v) is 22.2. The van der Waals surface area contributed by atoms with Crippen LogP contribution in [0.1, 0.15) is 71.0 Å². The number of hydrogen-bond donors (Lipinski definition) is 1. The summed E-state index contributed by atoms with van der Waals surface area (Å²) in [6.45, 7) is 11.0. The lowest BCUT2D eigenvalue weighted by atomic mass is 9.91. The fourth-order valence-corrected chi connectivity index (χ4v) is 5.23. The fourth-order valence-electron chi connectivity index (χ4n) is 5.23. The number of carbonyl (C=O) groups is 3. The van der Waals surface area contributed by atoms with Crippen LogP contribution in [-0.2, 0) is 15.8 Å². The van der Waals surface area contributed by atoms with Crippen LogP contribution in [0.5, 0.6) is 0 Å². The molecule has 2 heterocycles. The van der Waals surface area contributed by atoms with E-state index in [1.165, 1.54) is 28.0 Å². The number of halogens is 3. The lowest BCUT2D eigenvalue weighted by Crippen LogP contribution is -2.51. The van der Waals surface area contributed by atoms with E-state index in [4.69, 9.17) is 0 Å². The monoisotopic (exact) mass is 522 g/mol. The summed E-state index contributed by atoms with van der Waals surface area (Å²) in [5.74, 6) is -0.587. The molecule has 1 aromatic rings. The number of likely N-dealkylation sites (N-methyl/N-ethyl adjacent to an activating group) is 1. The van der Waals surface area contributed by atoms with Gasteiger partial charge in [-0.25, -0.2) is 4.79 Å². The van der Waals surface area contributed by atoms with Gasteiger partial charge in [0.25, 0.3) is 5.91 Å². The Balaban J connectivity index is 2.09. The van der Waals surface area contributed by atoms with E-state index in [1.807, 2.05) is 27.7 Å². The van der Waals surface area contributed by atoms with E-state index < -0.39 is 35.8 Å². The summed E-state index contributed by atoms with van der Waals surface area (Å²) in [4.78, 5) is 45.3. The van der Waals surface area contributed by atoms with Crippen LogP contribution < -0.4 is 5.32 Å². The van der Waals surface area contributed by atoms with Gasteiger partial charge in [0.15, 0.2) is 0 Å². The zero-order valence-electron chi connectivity index (χ0n) is 22.2. The Kier molecular flexibility index (Phi) is 8.92. The highest BCUT2D eigenvalue weighted by Gasteiger charge is 2.49. The molecule has 0 aliphatic carbocycles. The Morgan fingerprint density at radius 3 is 2.27 bits per heavy atom. The molecule has 2 atom stereocenters. The second-order valence-electron chi connectivity index (χ2n) is 9.98. The molecule has 1 aromatic carbocycles. The molecule has 0 aromatic heterocycles. The van der Waals surface area contributed by atoms with Crippen molar-refractivity contribution in [3.8, 4) is 0 Å². The quantitative estimate of drug-likeness (QED) is 0.473. The number of hydrogen-bond acceptors (Lipinski definition) is 3. The smallest absolute Gasteiger partial charge is 0.341 e. The maximum atomic E-state index is 14.0. The minimum Gasteiger partial charge on any atom is -0.341 e. The van der Waals surface area contributed by atoms with Gasteiger partial charge in [0.05, 0.1) is 29.4 Å². The predicted octanol–water partition coefficient (Wildman–Crippen LogP) is 4.95.